The van der Waals surface area contributed by atoms with Crippen molar-refractivity contribution in [3.05, 3.63) is 12.0 Å². The minimum atomic E-state index is -0.402. The fraction of sp³-hybridized carbons (Fsp3) is 0.571. The number of rotatable bonds is 3. The van der Waals surface area contributed by atoms with E-state index >= 15 is 0 Å². The monoisotopic (exact) mass is 158 g/mol. The van der Waals surface area contributed by atoms with Crippen LogP contribution in [0.3, 0.4) is 0 Å². The molecule has 0 aliphatic rings. The van der Waals surface area contributed by atoms with Crippen LogP contribution in [0.5, 0.6) is 5.88 Å². The molecule has 0 spiro atoms. The molecule has 0 atom stereocenters. The predicted octanol–water partition coefficient (Wildman–Crippen LogP) is 1.35. The molecule has 0 aliphatic carbocycles. The van der Waals surface area contributed by atoms with Crippen molar-refractivity contribution < 1.29 is 9.13 Å². The summed E-state index contributed by atoms with van der Waals surface area (Å²) in [6, 6.07) is 0. The fourth-order valence-corrected chi connectivity index (χ4v) is 0.761. The quantitative estimate of drug-likeness (QED) is 0.663. The number of hydrogen-bond donors (Lipinski definition) is 0. The average molecular weight is 158 g/mol. The first-order valence-electron chi connectivity index (χ1n) is 3.56. The van der Waals surface area contributed by atoms with E-state index < -0.39 is 5.82 Å². The second kappa shape index (κ2) is 3.37. The lowest BCUT2D eigenvalue weighted by Gasteiger charge is -2.02. The van der Waals surface area contributed by atoms with Crippen molar-refractivity contribution in [2.75, 3.05) is 6.61 Å². The maximum absolute atomic E-state index is 12.7. The zero-order valence-corrected chi connectivity index (χ0v) is 6.67. The summed E-state index contributed by atoms with van der Waals surface area (Å²) in [6.07, 6.45) is 2.01. The van der Waals surface area contributed by atoms with Crippen LogP contribution in [-0.4, -0.2) is 16.4 Å². The molecule has 0 amide bonds. The molecule has 0 aromatic carbocycles. The van der Waals surface area contributed by atoms with Crippen molar-refractivity contribution in [3.63, 3.8) is 0 Å². The molecule has 0 radical (unpaired) electrons. The van der Waals surface area contributed by atoms with Gasteiger partial charge in [0.25, 0.3) is 0 Å². The first-order chi connectivity index (χ1) is 5.25. The van der Waals surface area contributed by atoms with Crippen LogP contribution in [0.4, 0.5) is 4.39 Å². The van der Waals surface area contributed by atoms with Gasteiger partial charge in [0.15, 0.2) is 0 Å². The maximum atomic E-state index is 12.7. The Hall–Kier alpha value is -1.06. The highest BCUT2D eigenvalue weighted by Gasteiger charge is 2.07. The molecule has 0 fully saturated rings. The van der Waals surface area contributed by atoms with Crippen LogP contribution in [0.25, 0.3) is 0 Å². The van der Waals surface area contributed by atoms with E-state index in [0.717, 1.165) is 12.6 Å². The van der Waals surface area contributed by atoms with Crippen molar-refractivity contribution in [1.29, 1.82) is 0 Å². The number of aryl methyl sites for hydroxylation is 1. The normalized spacial score (nSPS) is 10.1. The molecule has 4 heteroatoms. The van der Waals surface area contributed by atoms with E-state index in [1.807, 2.05) is 6.92 Å². The smallest absolute Gasteiger partial charge is 0.248 e. The van der Waals surface area contributed by atoms with Gasteiger partial charge in [-0.25, -0.2) is 4.68 Å². The fourth-order valence-electron chi connectivity index (χ4n) is 0.761. The van der Waals surface area contributed by atoms with Crippen LogP contribution in [0.1, 0.15) is 13.3 Å². The zero-order chi connectivity index (χ0) is 8.27. The van der Waals surface area contributed by atoms with Crippen LogP contribution in [-0.2, 0) is 7.05 Å². The summed E-state index contributed by atoms with van der Waals surface area (Å²) in [6.45, 7) is 2.49. The maximum Gasteiger partial charge on any atom is 0.248 e. The van der Waals surface area contributed by atoms with Crippen LogP contribution in [0.2, 0.25) is 0 Å². The molecule has 0 unspecified atom stereocenters. The predicted molar refractivity (Wildman–Crippen MR) is 39.0 cm³/mol. The van der Waals surface area contributed by atoms with Gasteiger partial charge in [-0.05, 0) is 6.42 Å². The summed E-state index contributed by atoms with van der Waals surface area (Å²) in [5.41, 5.74) is 0. The number of aromatic nitrogens is 2. The molecule has 3 nitrogen and oxygen atoms in total. The third kappa shape index (κ3) is 1.69. The molecule has 0 N–H and O–H groups in total. The summed E-state index contributed by atoms with van der Waals surface area (Å²) in [4.78, 5) is 0. The molecule has 1 aromatic heterocycles. The zero-order valence-electron chi connectivity index (χ0n) is 6.67. The summed E-state index contributed by atoms with van der Waals surface area (Å²) < 4.78 is 19.2. The molecule has 0 bridgehead atoms. The van der Waals surface area contributed by atoms with Crippen LogP contribution >= 0.6 is 0 Å². The molecule has 1 rings (SSSR count). The average Bonchev–Trinajstić information content (AvgIpc) is 2.29. The van der Waals surface area contributed by atoms with E-state index in [0.29, 0.717) is 6.61 Å². The Morgan fingerprint density at radius 2 is 2.45 bits per heavy atom. The van der Waals surface area contributed by atoms with E-state index in [1.165, 1.54) is 4.68 Å². The lowest BCUT2D eigenvalue weighted by molar-refractivity contribution is 0.276. The Bertz CT molecular complexity index is 215. The second-order valence-corrected chi connectivity index (χ2v) is 2.27. The first-order valence-corrected chi connectivity index (χ1v) is 3.56. The van der Waals surface area contributed by atoms with Gasteiger partial charge in [-0.2, -0.15) is 9.49 Å². The van der Waals surface area contributed by atoms with Crippen molar-refractivity contribution in [1.82, 2.24) is 9.78 Å². The molecule has 62 valence electrons. The SMILES string of the molecule is CCCOc1c(F)cnn1C. The lowest BCUT2D eigenvalue weighted by atomic mass is 10.5. The third-order valence-electron chi connectivity index (χ3n) is 1.29. The Kier molecular flexibility index (Phi) is 2.46. The molecular weight excluding hydrogens is 147 g/mol. The highest BCUT2D eigenvalue weighted by atomic mass is 19.1. The summed E-state index contributed by atoms with van der Waals surface area (Å²) >= 11 is 0. The number of nitrogens with zero attached hydrogens (tertiary/aromatic N) is 2. The standard InChI is InChI=1S/C7H11FN2O/c1-3-4-11-7-6(8)5-9-10(7)2/h5H,3-4H2,1-2H3. The van der Waals surface area contributed by atoms with Gasteiger partial charge in [0.2, 0.25) is 11.7 Å². The van der Waals surface area contributed by atoms with Gasteiger partial charge < -0.3 is 4.74 Å². The lowest BCUT2D eigenvalue weighted by Crippen LogP contribution is -2.02. The minimum absolute atomic E-state index is 0.215. The molecule has 0 saturated heterocycles. The van der Waals surface area contributed by atoms with E-state index in [4.69, 9.17) is 4.74 Å². The summed E-state index contributed by atoms with van der Waals surface area (Å²) in [7, 11) is 1.65. The molecule has 11 heavy (non-hydrogen) atoms. The molecular formula is C7H11FN2O. The summed E-state index contributed by atoms with van der Waals surface area (Å²) in [5, 5.41) is 3.69. The van der Waals surface area contributed by atoms with Gasteiger partial charge in [-0.15, -0.1) is 0 Å². The van der Waals surface area contributed by atoms with Gasteiger partial charge in [-0.3, -0.25) is 0 Å². The van der Waals surface area contributed by atoms with Gasteiger partial charge in [0, 0.05) is 7.05 Å². The van der Waals surface area contributed by atoms with Gasteiger partial charge in [0.1, 0.15) is 0 Å². The third-order valence-corrected chi connectivity index (χ3v) is 1.29. The Labute approximate surface area is 64.8 Å². The van der Waals surface area contributed by atoms with E-state index in [2.05, 4.69) is 5.10 Å². The molecule has 1 heterocycles. The summed E-state index contributed by atoms with van der Waals surface area (Å²) in [5.74, 6) is -0.187. The Morgan fingerprint density at radius 3 is 2.91 bits per heavy atom. The largest absolute Gasteiger partial charge is 0.476 e. The van der Waals surface area contributed by atoms with Crippen LogP contribution in [0.15, 0.2) is 6.20 Å². The Morgan fingerprint density at radius 1 is 1.73 bits per heavy atom. The van der Waals surface area contributed by atoms with Gasteiger partial charge in [0.05, 0.1) is 12.8 Å². The highest BCUT2D eigenvalue weighted by Crippen LogP contribution is 2.13. The van der Waals surface area contributed by atoms with Crippen LogP contribution < -0.4 is 4.74 Å². The van der Waals surface area contributed by atoms with E-state index in [-0.39, 0.29) is 5.88 Å². The van der Waals surface area contributed by atoms with Crippen molar-refractivity contribution in [2.45, 2.75) is 13.3 Å². The molecule has 1 aromatic rings. The van der Waals surface area contributed by atoms with E-state index in [1.54, 1.807) is 7.05 Å². The molecule has 0 saturated carbocycles. The number of halogens is 1. The van der Waals surface area contributed by atoms with Crippen LogP contribution in [0, 0.1) is 5.82 Å². The Balaban J connectivity index is 2.67. The topological polar surface area (TPSA) is 27.1 Å². The molecule has 0 aliphatic heterocycles. The van der Waals surface area contributed by atoms with Gasteiger partial charge in [-0.1, -0.05) is 6.92 Å². The van der Waals surface area contributed by atoms with Crippen molar-refractivity contribution in [3.8, 4) is 5.88 Å². The van der Waals surface area contributed by atoms with Crippen molar-refractivity contribution >= 4 is 0 Å². The van der Waals surface area contributed by atoms with Gasteiger partial charge >= 0.3 is 0 Å². The second-order valence-electron chi connectivity index (χ2n) is 2.27. The highest BCUT2D eigenvalue weighted by molar-refractivity contribution is 5.10. The minimum Gasteiger partial charge on any atom is -0.476 e. The number of ether oxygens (including phenoxy) is 1. The number of hydrogen-bond acceptors (Lipinski definition) is 2. The first kappa shape index (κ1) is 8.04. The van der Waals surface area contributed by atoms with Crippen molar-refractivity contribution in [2.24, 2.45) is 7.05 Å². The van der Waals surface area contributed by atoms with E-state index in [9.17, 15) is 4.39 Å².